The smallest absolute Gasteiger partial charge is 0.306 e. The van der Waals surface area contributed by atoms with Crippen LogP contribution in [0.1, 0.15) is 6.42 Å². The highest BCUT2D eigenvalue weighted by Gasteiger charge is 2.01. The summed E-state index contributed by atoms with van der Waals surface area (Å²) in [7, 11) is 0. The third-order valence-electron chi connectivity index (χ3n) is 2.36. The van der Waals surface area contributed by atoms with Crippen molar-refractivity contribution < 1.29 is 19.0 Å². The quantitative estimate of drug-likeness (QED) is 0.884. The maximum Gasteiger partial charge on any atom is 0.306 e. The van der Waals surface area contributed by atoms with Crippen LogP contribution in [0.25, 0.3) is 10.8 Å². The molecule has 3 nitrogen and oxygen atoms in total. The first-order valence-corrected chi connectivity index (χ1v) is 5.19. The molecule has 0 heterocycles. The van der Waals surface area contributed by atoms with E-state index in [1.165, 1.54) is 12.1 Å². The summed E-state index contributed by atoms with van der Waals surface area (Å²) in [6.07, 6.45) is -0.0402. The normalized spacial score (nSPS) is 10.4. The van der Waals surface area contributed by atoms with E-state index < -0.39 is 5.97 Å². The first kappa shape index (κ1) is 11.4. The van der Waals surface area contributed by atoms with Crippen LogP contribution >= 0.6 is 0 Å². The molecule has 0 atom stereocenters. The molecule has 88 valence electrons. The zero-order chi connectivity index (χ0) is 12.3. The average molecular weight is 234 g/mol. The third kappa shape index (κ3) is 2.93. The third-order valence-corrected chi connectivity index (χ3v) is 2.36. The highest BCUT2D eigenvalue weighted by atomic mass is 19.1. The molecule has 1 N–H and O–H groups in total. The topological polar surface area (TPSA) is 46.5 Å². The first-order chi connectivity index (χ1) is 8.15. The van der Waals surface area contributed by atoms with E-state index in [1.807, 2.05) is 0 Å². The fourth-order valence-corrected chi connectivity index (χ4v) is 1.54. The van der Waals surface area contributed by atoms with E-state index in [4.69, 9.17) is 9.84 Å². The maximum absolute atomic E-state index is 12.9. The number of carbonyl (C=O) groups is 1. The van der Waals surface area contributed by atoms with Crippen molar-refractivity contribution in [3.05, 3.63) is 42.2 Å². The molecule has 0 unspecified atom stereocenters. The van der Waals surface area contributed by atoms with Crippen LogP contribution in [0, 0.1) is 5.82 Å². The molecule has 2 aromatic carbocycles. The lowest BCUT2D eigenvalue weighted by atomic mass is 10.1. The molecule has 0 aromatic heterocycles. The molecule has 17 heavy (non-hydrogen) atoms. The minimum absolute atomic E-state index is 0.0402. The van der Waals surface area contributed by atoms with Crippen molar-refractivity contribution in [2.75, 3.05) is 6.61 Å². The number of benzene rings is 2. The summed E-state index contributed by atoms with van der Waals surface area (Å²) in [5, 5.41) is 10.1. The van der Waals surface area contributed by atoms with Gasteiger partial charge in [0.15, 0.2) is 0 Å². The van der Waals surface area contributed by atoms with Crippen LogP contribution in [0.4, 0.5) is 4.39 Å². The molecule has 0 radical (unpaired) electrons. The number of rotatable bonds is 4. The Balaban J connectivity index is 2.14. The van der Waals surface area contributed by atoms with Gasteiger partial charge >= 0.3 is 5.97 Å². The molecule has 0 bridgehead atoms. The number of hydrogen-bond donors (Lipinski definition) is 1. The van der Waals surface area contributed by atoms with Crippen LogP contribution in [0.2, 0.25) is 0 Å². The Morgan fingerprint density at radius 3 is 2.65 bits per heavy atom. The lowest BCUT2D eigenvalue weighted by Gasteiger charge is -2.05. The molecule has 0 amide bonds. The number of halogens is 1. The minimum atomic E-state index is -0.895. The fraction of sp³-hybridized carbons (Fsp3) is 0.154. The predicted octanol–water partition coefficient (Wildman–Crippen LogP) is 2.83. The molecule has 0 saturated heterocycles. The number of carboxylic acid groups (broad SMARTS) is 1. The van der Waals surface area contributed by atoms with E-state index in [0.717, 1.165) is 10.8 Å². The number of aliphatic carboxylic acids is 1. The summed E-state index contributed by atoms with van der Waals surface area (Å²) in [5.41, 5.74) is 0. The number of hydrogen-bond acceptors (Lipinski definition) is 2. The Kier molecular flexibility index (Phi) is 3.23. The number of ether oxygens (including phenoxy) is 1. The minimum Gasteiger partial charge on any atom is -0.493 e. The summed E-state index contributed by atoms with van der Waals surface area (Å²) < 4.78 is 18.2. The van der Waals surface area contributed by atoms with Gasteiger partial charge in [-0.05, 0) is 35.0 Å². The average Bonchev–Trinajstić information content (AvgIpc) is 2.29. The lowest BCUT2D eigenvalue weighted by molar-refractivity contribution is -0.137. The molecule has 2 rings (SSSR count). The summed E-state index contributed by atoms with van der Waals surface area (Å²) in [6.45, 7) is 0.127. The summed E-state index contributed by atoms with van der Waals surface area (Å²) in [4.78, 5) is 10.3. The van der Waals surface area contributed by atoms with Crippen LogP contribution in [-0.2, 0) is 4.79 Å². The van der Waals surface area contributed by atoms with Crippen molar-refractivity contribution in [3.8, 4) is 5.75 Å². The predicted molar refractivity (Wildman–Crippen MR) is 61.7 cm³/mol. The van der Waals surface area contributed by atoms with Crippen LogP contribution in [0.15, 0.2) is 36.4 Å². The molecule has 4 heteroatoms. The van der Waals surface area contributed by atoms with Crippen molar-refractivity contribution in [1.29, 1.82) is 0 Å². The van der Waals surface area contributed by atoms with Gasteiger partial charge in [-0.3, -0.25) is 4.79 Å². The van der Waals surface area contributed by atoms with E-state index in [9.17, 15) is 9.18 Å². The van der Waals surface area contributed by atoms with E-state index >= 15 is 0 Å². The van der Waals surface area contributed by atoms with Gasteiger partial charge in [-0.1, -0.05) is 12.1 Å². The molecule has 0 aliphatic rings. The summed E-state index contributed by atoms with van der Waals surface area (Å²) >= 11 is 0. The second-order valence-corrected chi connectivity index (χ2v) is 3.65. The Morgan fingerprint density at radius 1 is 1.18 bits per heavy atom. The van der Waals surface area contributed by atoms with Crippen molar-refractivity contribution in [2.45, 2.75) is 6.42 Å². The lowest BCUT2D eigenvalue weighted by Crippen LogP contribution is -2.04. The summed E-state index contributed by atoms with van der Waals surface area (Å²) in [5.74, 6) is -0.588. The first-order valence-electron chi connectivity index (χ1n) is 5.19. The van der Waals surface area contributed by atoms with Gasteiger partial charge < -0.3 is 9.84 Å². The van der Waals surface area contributed by atoms with Crippen molar-refractivity contribution in [1.82, 2.24) is 0 Å². The maximum atomic E-state index is 12.9. The van der Waals surface area contributed by atoms with Crippen molar-refractivity contribution >= 4 is 16.7 Å². The Hall–Kier alpha value is -2.10. The van der Waals surface area contributed by atoms with Gasteiger partial charge in [0.05, 0.1) is 13.0 Å². The molecule has 2 aromatic rings. The molecule has 0 saturated carbocycles. The highest BCUT2D eigenvalue weighted by Crippen LogP contribution is 2.21. The number of fused-ring (bicyclic) bond motifs is 1. The van der Waals surface area contributed by atoms with Crippen molar-refractivity contribution in [2.24, 2.45) is 0 Å². The largest absolute Gasteiger partial charge is 0.493 e. The molecule has 0 fully saturated rings. The molecule has 0 aliphatic carbocycles. The Labute approximate surface area is 97.4 Å². The summed E-state index contributed by atoms with van der Waals surface area (Å²) in [6, 6.07) is 9.68. The van der Waals surface area contributed by atoms with Crippen LogP contribution in [-0.4, -0.2) is 17.7 Å². The SMILES string of the molecule is O=C(O)CCOc1ccc2cc(F)ccc2c1. The zero-order valence-corrected chi connectivity index (χ0v) is 9.02. The van der Waals surface area contributed by atoms with E-state index in [2.05, 4.69) is 0 Å². The zero-order valence-electron chi connectivity index (χ0n) is 9.02. The van der Waals surface area contributed by atoms with E-state index in [0.29, 0.717) is 5.75 Å². The molecular formula is C13H11FO3. The Morgan fingerprint density at radius 2 is 1.88 bits per heavy atom. The van der Waals surface area contributed by atoms with Crippen LogP contribution < -0.4 is 4.74 Å². The van der Waals surface area contributed by atoms with Crippen molar-refractivity contribution in [3.63, 3.8) is 0 Å². The Bertz CT molecular complexity index is 551. The second kappa shape index (κ2) is 4.82. The fourth-order valence-electron chi connectivity index (χ4n) is 1.54. The molecule has 0 aliphatic heterocycles. The van der Waals surface area contributed by atoms with E-state index in [-0.39, 0.29) is 18.8 Å². The van der Waals surface area contributed by atoms with Gasteiger partial charge in [-0.2, -0.15) is 0 Å². The second-order valence-electron chi connectivity index (χ2n) is 3.65. The molecular weight excluding hydrogens is 223 g/mol. The highest BCUT2D eigenvalue weighted by molar-refractivity contribution is 5.83. The number of carboxylic acids is 1. The van der Waals surface area contributed by atoms with Gasteiger partial charge in [-0.25, -0.2) is 4.39 Å². The monoisotopic (exact) mass is 234 g/mol. The van der Waals surface area contributed by atoms with Gasteiger partial charge in [0.1, 0.15) is 11.6 Å². The standard InChI is InChI=1S/C13H11FO3/c14-11-3-1-10-8-12(4-2-9(10)7-11)17-6-5-13(15)16/h1-4,7-8H,5-6H2,(H,15,16). The molecule has 0 spiro atoms. The van der Waals surface area contributed by atoms with Gasteiger partial charge in [0, 0.05) is 0 Å². The van der Waals surface area contributed by atoms with Gasteiger partial charge in [0.25, 0.3) is 0 Å². The van der Waals surface area contributed by atoms with Crippen LogP contribution in [0.3, 0.4) is 0 Å². The van der Waals surface area contributed by atoms with E-state index in [1.54, 1.807) is 24.3 Å². The van der Waals surface area contributed by atoms with Gasteiger partial charge in [0.2, 0.25) is 0 Å². The van der Waals surface area contributed by atoms with Gasteiger partial charge in [-0.15, -0.1) is 0 Å². The van der Waals surface area contributed by atoms with Crippen LogP contribution in [0.5, 0.6) is 5.75 Å².